The van der Waals surface area contributed by atoms with Gasteiger partial charge in [0, 0.05) is 5.92 Å². The Hall–Kier alpha value is -0.330. The molecular formula is C22H38O. The van der Waals surface area contributed by atoms with E-state index in [1.165, 1.54) is 64.2 Å². The fraction of sp³-hybridized carbons (Fsp3) is 0.955. The molecule has 0 aliphatic heterocycles. The summed E-state index contributed by atoms with van der Waals surface area (Å²) in [5.41, 5.74) is 0.974. The summed E-state index contributed by atoms with van der Waals surface area (Å²) in [4.78, 5) is 12.2. The smallest absolute Gasteiger partial charge is 0.133 e. The van der Waals surface area contributed by atoms with Crippen molar-refractivity contribution in [2.75, 3.05) is 0 Å². The Morgan fingerprint density at radius 1 is 0.826 bits per heavy atom. The van der Waals surface area contributed by atoms with Crippen LogP contribution in [0.25, 0.3) is 0 Å². The molecule has 0 aromatic heterocycles. The number of carbonyl (C=O) groups is 1. The highest BCUT2D eigenvalue weighted by atomic mass is 16.1. The third-order valence-corrected chi connectivity index (χ3v) is 9.07. The zero-order valence-electron chi connectivity index (χ0n) is 14.9. The molecule has 0 aromatic carbocycles. The lowest BCUT2D eigenvalue weighted by molar-refractivity contribution is -0.133. The topological polar surface area (TPSA) is 17.1 Å². The summed E-state index contributed by atoms with van der Waals surface area (Å²) in [5, 5.41) is 0. The third kappa shape index (κ3) is 2.35. The van der Waals surface area contributed by atoms with Crippen LogP contribution < -0.4 is 0 Å². The van der Waals surface area contributed by atoms with Gasteiger partial charge in [-0.2, -0.15) is 0 Å². The first-order valence-corrected chi connectivity index (χ1v) is 9.97. The molecule has 1 nitrogen and oxygen atoms in total. The quantitative estimate of drug-likeness (QED) is 0.557. The van der Waals surface area contributed by atoms with Gasteiger partial charge in [0.25, 0.3) is 0 Å². The molecule has 4 aliphatic carbocycles. The molecule has 1 heteroatoms. The van der Waals surface area contributed by atoms with Crippen LogP contribution >= 0.6 is 0 Å². The molecule has 23 heavy (non-hydrogen) atoms. The van der Waals surface area contributed by atoms with Crippen LogP contribution in [0.5, 0.6) is 0 Å². The summed E-state index contributed by atoms with van der Waals surface area (Å²) in [5.74, 6) is 4.60. The zero-order chi connectivity index (χ0) is 15.5. The van der Waals surface area contributed by atoms with Crippen molar-refractivity contribution in [2.45, 2.75) is 92.4 Å². The van der Waals surface area contributed by atoms with Crippen LogP contribution in [0.15, 0.2) is 0 Å². The van der Waals surface area contributed by atoms with Gasteiger partial charge in [-0.05, 0) is 92.8 Å². The van der Waals surface area contributed by atoms with E-state index in [9.17, 15) is 4.79 Å². The van der Waals surface area contributed by atoms with Crippen molar-refractivity contribution in [1.29, 1.82) is 0 Å². The number of hydrogen-bond acceptors (Lipinski definition) is 1. The lowest BCUT2D eigenvalue weighted by Gasteiger charge is -2.60. The van der Waals surface area contributed by atoms with Crippen LogP contribution in [0.2, 0.25) is 0 Å². The lowest BCUT2D eigenvalue weighted by Crippen LogP contribution is -2.53. The first-order chi connectivity index (χ1) is 10.5. The van der Waals surface area contributed by atoms with Gasteiger partial charge in [0.15, 0.2) is 0 Å². The van der Waals surface area contributed by atoms with Gasteiger partial charge in [-0.3, -0.25) is 4.79 Å². The summed E-state index contributed by atoms with van der Waals surface area (Å²) in [6.07, 6.45) is 14.1. The van der Waals surface area contributed by atoms with Gasteiger partial charge in [-0.15, -0.1) is 0 Å². The van der Waals surface area contributed by atoms with Crippen molar-refractivity contribution in [3.8, 4) is 0 Å². The number of Topliss-reactive ketones (excluding diaryl/α,β-unsaturated/α-hetero) is 1. The van der Waals surface area contributed by atoms with E-state index in [0.717, 1.165) is 23.7 Å². The van der Waals surface area contributed by atoms with Crippen molar-refractivity contribution in [1.82, 2.24) is 0 Å². The number of rotatable bonds is 1. The van der Waals surface area contributed by atoms with Gasteiger partial charge in [0.2, 0.25) is 0 Å². The van der Waals surface area contributed by atoms with Crippen LogP contribution in [0.1, 0.15) is 92.4 Å². The summed E-state index contributed by atoms with van der Waals surface area (Å²) in [7, 11) is 0. The van der Waals surface area contributed by atoms with E-state index in [1.807, 2.05) is 6.92 Å². The number of carbonyl (C=O) groups excluding carboxylic acids is 1. The standard InChI is InChI=1S/C21H34O.CH4/c1-14(22)17-9-10-18-16-8-7-15-6-4-5-12-20(15,2)19(16)11-13-21(17,18)3;/h15-19H,4-13H2,1-3H3;1H4/t15?,16-,17+,18-,19-,20-,21+;/m0./s1. The highest BCUT2D eigenvalue weighted by molar-refractivity contribution is 5.79. The van der Waals surface area contributed by atoms with E-state index < -0.39 is 0 Å². The summed E-state index contributed by atoms with van der Waals surface area (Å²) in [6, 6.07) is 0. The Morgan fingerprint density at radius 2 is 1.57 bits per heavy atom. The summed E-state index contributed by atoms with van der Waals surface area (Å²) in [6.45, 7) is 6.97. The Kier molecular flexibility index (Phi) is 4.47. The Labute approximate surface area is 144 Å². The van der Waals surface area contributed by atoms with Gasteiger partial charge >= 0.3 is 0 Å². The fourth-order valence-electron chi connectivity index (χ4n) is 7.96. The van der Waals surface area contributed by atoms with Crippen LogP contribution in [-0.2, 0) is 4.79 Å². The molecule has 132 valence electrons. The molecule has 4 fully saturated rings. The molecule has 7 atom stereocenters. The Balaban J connectivity index is 0.00000156. The lowest BCUT2D eigenvalue weighted by atomic mass is 9.45. The van der Waals surface area contributed by atoms with Gasteiger partial charge in [0.05, 0.1) is 0 Å². The number of hydrogen-bond donors (Lipinski definition) is 0. The second kappa shape index (κ2) is 5.88. The van der Waals surface area contributed by atoms with Gasteiger partial charge in [-0.25, -0.2) is 0 Å². The van der Waals surface area contributed by atoms with Crippen LogP contribution in [0.3, 0.4) is 0 Å². The minimum atomic E-state index is 0. The summed E-state index contributed by atoms with van der Waals surface area (Å²) < 4.78 is 0. The first kappa shape index (κ1) is 17.5. The molecule has 0 radical (unpaired) electrons. The highest BCUT2D eigenvalue weighted by Gasteiger charge is 2.60. The molecule has 0 bridgehead atoms. The van der Waals surface area contributed by atoms with E-state index in [1.54, 1.807) is 0 Å². The predicted molar refractivity (Wildman–Crippen MR) is 97.2 cm³/mol. The molecular weight excluding hydrogens is 280 g/mol. The number of ketones is 1. The molecule has 0 heterocycles. The Bertz CT molecular complexity index is 469. The van der Waals surface area contributed by atoms with Crippen LogP contribution in [-0.4, -0.2) is 5.78 Å². The maximum Gasteiger partial charge on any atom is 0.133 e. The number of fused-ring (bicyclic) bond motifs is 5. The molecule has 0 spiro atoms. The maximum absolute atomic E-state index is 12.2. The summed E-state index contributed by atoms with van der Waals surface area (Å²) >= 11 is 0. The first-order valence-electron chi connectivity index (χ1n) is 9.97. The largest absolute Gasteiger partial charge is 0.300 e. The second-order valence-electron chi connectivity index (χ2n) is 9.69. The van der Waals surface area contributed by atoms with Crippen molar-refractivity contribution in [3.63, 3.8) is 0 Å². The average Bonchev–Trinajstić information content (AvgIpc) is 2.84. The molecule has 4 rings (SSSR count). The normalized spacial score (nSPS) is 51.9. The predicted octanol–water partition coefficient (Wildman–Crippen LogP) is 6.26. The van der Waals surface area contributed by atoms with Gasteiger partial charge < -0.3 is 0 Å². The van der Waals surface area contributed by atoms with E-state index in [2.05, 4.69) is 13.8 Å². The maximum atomic E-state index is 12.2. The van der Waals surface area contributed by atoms with E-state index in [4.69, 9.17) is 0 Å². The minimum absolute atomic E-state index is 0. The average molecular weight is 319 g/mol. The monoisotopic (exact) mass is 318 g/mol. The van der Waals surface area contributed by atoms with Gasteiger partial charge in [0.1, 0.15) is 5.78 Å². The van der Waals surface area contributed by atoms with E-state index in [-0.39, 0.29) is 7.43 Å². The minimum Gasteiger partial charge on any atom is -0.300 e. The molecule has 0 aromatic rings. The molecule has 0 saturated heterocycles. The Morgan fingerprint density at radius 3 is 2.30 bits per heavy atom. The highest BCUT2D eigenvalue weighted by Crippen LogP contribution is 2.67. The molecule has 4 aliphatic rings. The zero-order valence-corrected chi connectivity index (χ0v) is 14.9. The van der Waals surface area contributed by atoms with Crippen molar-refractivity contribution >= 4 is 5.78 Å². The van der Waals surface area contributed by atoms with Crippen molar-refractivity contribution < 1.29 is 4.79 Å². The van der Waals surface area contributed by atoms with Crippen molar-refractivity contribution in [3.05, 3.63) is 0 Å². The second-order valence-corrected chi connectivity index (χ2v) is 9.69. The fourth-order valence-corrected chi connectivity index (χ4v) is 7.96. The molecule has 0 N–H and O–H groups in total. The van der Waals surface area contributed by atoms with Crippen molar-refractivity contribution in [2.24, 2.45) is 40.4 Å². The third-order valence-electron chi connectivity index (χ3n) is 9.07. The van der Waals surface area contributed by atoms with Crippen LogP contribution in [0, 0.1) is 40.4 Å². The van der Waals surface area contributed by atoms with E-state index >= 15 is 0 Å². The van der Waals surface area contributed by atoms with Gasteiger partial charge in [-0.1, -0.05) is 34.1 Å². The molecule has 4 saturated carbocycles. The molecule has 0 amide bonds. The SMILES string of the molecule is C.CC(=O)[C@H]1CC[C@H]2[C@@H]3CCC4CCCC[C@]4(C)[C@H]3CC[C@]12C. The van der Waals surface area contributed by atoms with Crippen LogP contribution in [0.4, 0.5) is 0 Å². The molecule has 1 unspecified atom stereocenters. The van der Waals surface area contributed by atoms with E-state index in [0.29, 0.717) is 22.5 Å².